The van der Waals surface area contributed by atoms with Gasteiger partial charge in [-0.25, -0.2) is 10.9 Å². The Bertz CT molecular complexity index is 949. The zero-order chi connectivity index (χ0) is 22.1. The predicted molar refractivity (Wildman–Crippen MR) is 116 cm³/mol. The number of nitro benzene ring substituents is 2. The molecule has 13 nitrogen and oxygen atoms in total. The Labute approximate surface area is 182 Å². The van der Waals surface area contributed by atoms with Crippen molar-refractivity contribution < 1.29 is 19.3 Å². The third-order valence-corrected chi connectivity index (χ3v) is 3.62. The van der Waals surface area contributed by atoms with Crippen LogP contribution < -0.4 is 20.3 Å². The fraction of sp³-hybridized carbons (Fsp3) is 0.118. The summed E-state index contributed by atoms with van der Waals surface area (Å²) >= 11 is 0. The van der Waals surface area contributed by atoms with Gasteiger partial charge in [0.1, 0.15) is 11.5 Å². The summed E-state index contributed by atoms with van der Waals surface area (Å²) in [5.74, 6) is 0.222. The third kappa shape index (κ3) is 6.93. The van der Waals surface area contributed by atoms with Gasteiger partial charge in [-0.05, 0) is 12.1 Å². The lowest BCUT2D eigenvalue weighted by atomic mass is 10.2. The minimum absolute atomic E-state index is 0. The first-order valence-corrected chi connectivity index (χ1v) is 8.17. The van der Waals surface area contributed by atoms with Crippen molar-refractivity contribution in [1.29, 1.82) is 5.41 Å². The quantitative estimate of drug-likeness (QED) is 0.237. The molecule has 0 fully saturated rings. The van der Waals surface area contributed by atoms with Crippen LogP contribution in [0, 0.1) is 25.6 Å². The zero-order valence-corrected chi connectivity index (χ0v) is 17.1. The van der Waals surface area contributed by atoms with E-state index >= 15 is 0 Å². The molecule has 164 valence electrons. The molecule has 3 N–H and O–H groups in total. The van der Waals surface area contributed by atoms with Crippen molar-refractivity contribution >= 4 is 42.2 Å². The van der Waals surface area contributed by atoms with Crippen molar-refractivity contribution in [3.05, 3.63) is 67.8 Å². The number of methoxy groups -OCH3 is 2. The lowest BCUT2D eigenvalue weighted by Gasteiger charge is -2.05. The van der Waals surface area contributed by atoms with E-state index in [1.807, 2.05) is 0 Å². The maximum atomic E-state index is 10.8. The minimum atomic E-state index is -0.542. The summed E-state index contributed by atoms with van der Waals surface area (Å²) in [6, 6.07) is 8.03. The largest absolute Gasteiger partial charge is 0.496 e. The zero-order valence-electron chi connectivity index (χ0n) is 16.3. The van der Waals surface area contributed by atoms with E-state index in [4.69, 9.17) is 14.9 Å². The van der Waals surface area contributed by atoms with Gasteiger partial charge in [0.15, 0.2) is 0 Å². The Morgan fingerprint density at radius 2 is 1.29 bits per heavy atom. The van der Waals surface area contributed by atoms with E-state index in [2.05, 4.69) is 21.1 Å². The molecule has 31 heavy (non-hydrogen) atoms. The monoisotopic (exact) mass is 451 g/mol. The van der Waals surface area contributed by atoms with Gasteiger partial charge in [0.25, 0.3) is 11.4 Å². The standard InChI is InChI=1S/C17H17N7O6.ClH/c1-29-15-7-13(23(25)26)5-3-11(15)9-19-21-17(18)22-20-10-12-4-6-14(24(27)28)8-16(12)30-2;/h3-10H,1-2H3,(H3,18,21,22);1H. The summed E-state index contributed by atoms with van der Waals surface area (Å²) in [6.45, 7) is 0. The lowest BCUT2D eigenvalue weighted by Crippen LogP contribution is -2.29. The van der Waals surface area contributed by atoms with Crippen molar-refractivity contribution in [1.82, 2.24) is 10.9 Å². The number of halogens is 1. The van der Waals surface area contributed by atoms with Crippen LogP contribution in [0.5, 0.6) is 11.5 Å². The molecule has 0 bridgehead atoms. The number of rotatable bonds is 8. The smallest absolute Gasteiger partial charge is 0.273 e. The van der Waals surface area contributed by atoms with Crippen molar-refractivity contribution in [3.8, 4) is 11.5 Å². The van der Waals surface area contributed by atoms with Crippen LogP contribution in [0.1, 0.15) is 11.1 Å². The molecule has 0 saturated heterocycles. The first kappa shape index (κ1) is 24.8. The summed E-state index contributed by atoms with van der Waals surface area (Å²) in [5, 5.41) is 36.9. The molecular weight excluding hydrogens is 434 g/mol. The van der Waals surface area contributed by atoms with Gasteiger partial charge >= 0.3 is 0 Å². The Morgan fingerprint density at radius 3 is 1.61 bits per heavy atom. The summed E-state index contributed by atoms with van der Waals surface area (Å²) in [5.41, 5.74) is 5.43. The van der Waals surface area contributed by atoms with Crippen LogP contribution in [0.25, 0.3) is 0 Å². The molecule has 0 amide bonds. The number of hydrazone groups is 2. The molecule has 0 aliphatic carbocycles. The molecule has 2 aromatic carbocycles. The lowest BCUT2D eigenvalue weighted by molar-refractivity contribution is -0.385. The number of benzene rings is 2. The van der Waals surface area contributed by atoms with Crippen molar-refractivity contribution in [2.75, 3.05) is 14.2 Å². The van der Waals surface area contributed by atoms with Crippen LogP contribution in [0.2, 0.25) is 0 Å². The summed E-state index contributed by atoms with van der Waals surface area (Å²) in [6.07, 6.45) is 2.64. The topological polar surface area (TPSA) is 177 Å². The Kier molecular flexibility index (Phi) is 9.33. The van der Waals surface area contributed by atoms with E-state index in [-0.39, 0.29) is 41.2 Å². The van der Waals surface area contributed by atoms with Crippen LogP contribution >= 0.6 is 12.4 Å². The molecule has 2 aromatic rings. The minimum Gasteiger partial charge on any atom is -0.496 e. The average molecular weight is 452 g/mol. The van der Waals surface area contributed by atoms with Crippen LogP contribution in [0.15, 0.2) is 46.6 Å². The van der Waals surface area contributed by atoms with Crippen LogP contribution in [-0.4, -0.2) is 42.5 Å². The number of hydrogen-bond acceptors (Lipinski definition) is 9. The summed E-state index contributed by atoms with van der Waals surface area (Å²) in [4.78, 5) is 20.5. The first-order chi connectivity index (χ1) is 14.3. The number of non-ortho nitro benzene ring substituents is 2. The van der Waals surface area contributed by atoms with Crippen molar-refractivity contribution in [2.45, 2.75) is 0 Å². The Balaban J connectivity index is 0.00000480. The fourth-order valence-electron chi connectivity index (χ4n) is 2.20. The van der Waals surface area contributed by atoms with Gasteiger partial charge in [0.2, 0.25) is 5.96 Å². The molecule has 0 spiro atoms. The predicted octanol–water partition coefficient (Wildman–Crippen LogP) is 2.42. The average Bonchev–Trinajstić information content (AvgIpc) is 2.73. The summed E-state index contributed by atoms with van der Waals surface area (Å²) < 4.78 is 10.2. The maximum Gasteiger partial charge on any atom is 0.273 e. The van der Waals surface area contributed by atoms with E-state index in [9.17, 15) is 20.2 Å². The number of guanidine groups is 1. The number of nitro groups is 2. The van der Waals surface area contributed by atoms with E-state index in [1.54, 1.807) is 0 Å². The number of nitrogens with zero attached hydrogens (tertiary/aromatic N) is 4. The van der Waals surface area contributed by atoms with Gasteiger partial charge < -0.3 is 9.47 Å². The normalized spacial score (nSPS) is 10.4. The van der Waals surface area contributed by atoms with Crippen molar-refractivity contribution in [2.24, 2.45) is 10.2 Å². The van der Waals surface area contributed by atoms with E-state index < -0.39 is 9.85 Å². The fourth-order valence-corrected chi connectivity index (χ4v) is 2.20. The highest BCUT2D eigenvalue weighted by molar-refractivity contribution is 5.87. The van der Waals surface area contributed by atoms with Crippen molar-refractivity contribution in [3.63, 3.8) is 0 Å². The highest BCUT2D eigenvalue weighted by atomic mass is 35.5. The number of nitrogens with one attached hydrogen (secondary N) is 3. The van der Waals surface area contributed by atoms with Gasteiger partial charge in [-0.3, -0.25) is 25.6 Å². The number of hydrogen-bond donors (Lipinski definition) is 3. The van der Waals surface area contributed by atoms with E-state index in [0.29, 0.717) is 11.1 Å². The summed E-state index contributed by atoms with van der Waals surface area (Å²) in [7, 11) is 2.74. The maximum absolute atomic E-state index is 10.8. The second-order valence-corrected chi connectivity index (χ2v) is 5.48. The Morgan fingerprint density at radius 1 is 0.903 bits per heavy atom. The Hall–Kier alpha value is -4.26. The second kappa shape index (κ2) is 11.7. The van der Waals surface area contributed by atoms with Crippen LogP contribution in [-0.2, 0) is 0 Å². The van der Waals surface area contributed by atoms with Crippen LogP contribution in [0.4, 0.5) is 11.4 Å². The van der Waals surface area contributed by atoms with Gasteiger partial charge in [-0.2, -0.15) is 10.2 Å². The molecule has 0 unspecified atom stereocenters. The molecular formula is C17H18ClN7O6. The molecule has 0 radical (unpaired) electrons. The van der Waals surface area contributed by atoms with Gasteiger partial charge in [-0.1, -0.05) is 0 Å². The first-order valence-electron chi connectivity index (χ1n) is 8.17. The van der Waals surface area contributed by atoms with Gasteiger partial charge in [0.05, 0.1) is 48.6 Å². The second-order valence-electron chi connectivity index (χ2n) is 5.48. The van der Waals surface area contributed by atoms with Gasteiger partial charge in [0, 0.05) is 23.3 Å². The number of ether oxygens (including phenoxy) is 2. The molecule has 0 aliphatic heterocycles. The van der Waals surface area contributed by atoms with Gasteiger partial charge in [-0.15, -0.1) is 12.4 Å². The molecule has 0 aliphatic rings. The molecule has 0 saturated carbocycles. The van der Waals surface area contributed by atoms with E-state index in [0.717, 1.165) is 0 Å². The SMILES string of the molecule is COc1cc([N+](=O)[O-])ccc1C=NNC(=N)NN=Cc1ccc([N+](=O)[O-])cc1OC.Cl. The molecule has 14 heteroatoms. The molecule has 0 heterocycles. The molecule has 2 rings (SSSR count). The highest BCUT2D eigenvalue weighted by Gasteiger charge is 2.11. The molecule has 0 atom stereocenters. The third-order valence-electron chi connectivity index (χ3n) is 3.62. The molecule has 0 aromatic heterocycles. The van der Waals surface area contributed by atoms with E-state index in [1.165, 1.54) is 63.0 Å². The van der Waals surface area contributed by atoms with Crippen LogP contribution in [0.3, 0.4) is 0 Å². The highest BCUT2D eigenvalue weighted by Crippen LogP contribution is 2.24.